The lowest BCUT2D eigenvalue weighted by Crippen LogP contribution is -2.61. The van der Waals surface area contributed by atoms with Gasteiger partial charge in [0.15, 0.2) is 0 Å². The highest BCUT2D eigenvalue weighted by Crippen LogP contribution is 2.40. The van der Waals surface area contributed by atoms with Gasteiger partial charge in [0.2, 0.25) is 0 Å². The minimum absolute atomic E-state index is 0.203. The molecule has 3 atom stereocenters. The van der Waals surface area contributed by atoms with Crippen molar-refractivity contribution < 1.29 is 4.74 Å². The van der Waals surface area contributed by atoms with E-state index in [0.717, 1.165) is 18.4 Å². The number of nitrogens with one attached hydrogen (secondary N) is 1. The van der Waals surface area contributed by atoms with Crippen LogP contribution in [0.3, 0.4) is 0 Å². The molecule has 0 aromatic rings. The molecule has 2 heteroatoms. The minimum atomic E-state index is 0.203. The normalized spacial score (nSPS) is 51.2. The van der Waals surface area contributed by atoms with E-state index in [0.29, 0.717) is 12.1 Å². The molecule has 1 spiro atoms. The van der Waals surface area contributed by atoms with Crippen LogP contribution in [0.2, 0.25) is 0 Å². The van der Waals surface area contributed by atoms with Gasteiger partial charge in [-0.2, -0.15) is 0 Å². The second kappa shape index (κ2) is 4.55. The Morgan fingerprint density at radius 3 is 2.53 bits per heavy atom. The highest BCUT2D eigenvalue weighted by Gasteiger charge is 2.44. The molecule has 1 heterocycles. The van der Waals surface area contributed by atoms with Gasteiger partial charge in [-0.15, -0.1) is 0 Å². The molecular weight excluding hydrogens is 210 g/mol. The third-order valence-corrected chi connectivity index (χ3v) is 5.32. The third kappa shape index (κ3) is 2.39. The van der Waals surface area contributed by atoms with Crippen molar-refractivity contribution in [2.24, 2.45) is 11.8 Å². The van der Waals surface area contributed by atoms with Crippen LogP contribution in [0.1, 0.15) is 58.8 Å². The van der Waals surface area contributed by atoms with E-state index in [1.807, 2.05) is 0 Å². The van der Waals surface area contributed by atoms with Crippen molar-refractivity contribution in [1.29, 1.82) is 0 Å². The van der Waals surface area contributed by atoms with Gasteiger partial charge < -0.3 is 10.1 Å². The lowest BCUT2D eigenvalue weighted by atomic mass is 9.76. The Kier molecular flexibility index (Phi) is 3.20. The van der Waals surface area contributed by atoms with Crippen LogP contribution in [0.15, 0.2) is 0 Å². The molecular formula is C15H27NO. The Labute approximate surface area is 105 Å². The molecule has 3 unspecified atom stereocenters. The predicted molar refractivity (Wildman–Crippen MR) is 70.0 cm³/mol. The molecule has 0 aromatic heterocycles. The molecule has 1 saturated heterocycles. The molecule has 1 N–H and O–H groups in total. The van der Waals surface area contributed by atoms with Crippen LogP contribution >= 0.6 is 0 Å². The van der Waals surface area contributed by atoms with Gasteiger partial charge in [-0.25, -0.2) is 0 Å². The fourth-order valence-electron chi connectivity index (χ4n) is 3.97. The summed E-state index contributed by atoms with van der Waals surface area (Å²) in [5, 5.41) is 3.80. The average molecular weight is 237 g/mol. The summed E-state index contributed by atoms with van der Waals surface area (Å²) >= 11 is 0. The van der Waals surface area contributed by atoms with Crippen LogP contribution in [-0.2, 0) is 4.74 Å². The predicted octanol–water partition coefficient (Wildman–Crippen LogP) is 3.11. The van der Waals surface area contributed by atoms with Gasteiger partial charge >= 0.3 is 0 Å². The number of hydrogen-bond donors (Lipinski definition) is 1. The quantitative estimate of drug-likeness (QED) is 0.699. The lowest BCUT2D eigenvalue weighted by molar-refractivity contribution is -0.166. The van der Waals surface area contributed by atoms with E-state index in [1.165, 1.54) is 44.9 Å². The molecule has 3 aliphatic rings. The first-order chi connectivity index (χ1) is 8.17. The van der Waals surface area contributed by atoms with E-state index in [9.17, 15) is 0 Å². The van der Waals surface area contributed by atoms with Gasteiger partial charge in [-0.1, -0.05) is 13.8 Å². The van der Waals surface area contributed by atoms with E-state index in [-0.39, 0.29) is 5.60 Å². The molecule has 2 aliphatic carbocycles. The SMILES string of the molecule is CC1CCC2(CC1)CNC1CC(C)CCC1O2. The van der Waals surface area contributed by atoms with Crippen molar-refractivity contribution in [2.75, 3.05) is 6.54 Å². The first-order valence-corrected chi connectivity index (χ1v) is 7.58. The van der Waals surface area contributed by atoms with Crippen LogP contribution in [0.5, 0.6) is 0 Å². The lowest BCUT2D eigenvalue weighted by Gasteiger charge is -2.50. The number of morpholine rings is 1. The molecule has 0 amide bonds. The summed E-state index contributed by atoms with van der Waals surface area (Å²) in [5.74, 6) is 1.79. The van der Waals surface area contributed by atoms with E-state index in [1.54, 1.807) is 0 Å². The summed E-state index contributed by atoms with van der Waals surface area (Å²) < 4.78 is 6.55. The number of ether oxygens (including phenoxy) is 1. The molecule has 2 nitrogen and oxygen atoms in total. The number of rotatable bonds is 0. The van der Waals surface area contributed by atoms with Crippen LogP contribution in [0.25, 0.3) is 0 Å². The largest absolute Gasteiger partial charge is 0.369 e. The molecule has 98 valence electrons. The van der Waals surface area contributed by atoms with Crippen LogP contribution in [0, 0.1) is 11.8 Å². The smallest absolute Gasteiger partial charge is 0.0811 e. The minimum Gasteiger partial charge on any atom is -0.369 e. The average Bonchev–Trinajstić information content (AvgIpc) is 2.34. The maximum Gasteiger partial charge on any atom is 0.0811 e. The van der Waals surface area contributed by atoms with Crippen molar-refractivity contribution in [3.63, 3.8) is 0 Å². The van der Waals surface area contributed by atoms with Crippen LogP contribution < -0.4 is 5.32 Å². The van der Waals surface area contributed by atoms with Crippen molar-refractivity contribution >= 4 is 0 Å². The topological polar surface area (TPSA) is 21.3 Å². The van der Waals surface area contributed by atoms with Gasteiger partial charge in [0, 0.05) is 12.6 Å². The Morgan fingerprint density at radius 2 is 1.76 bits per heavy atom. The summed E-state index contributed by atoms with van der Waals surface area (Å²) in [5.41, 5.74) is 0.203. The molecule has 3 fully saturated rings. The van der Waals surface area contributed by atoms with Gasteiger partial charge in [0.05, 0.1) is 11.7 Å². The molecule has 17 heavy (non-hydrogen) atoms. The van der Waals surface area contributed by atoms with E-state index in [2.05, 4.69) is 19.2 Å². The molecule has 1 aliphatic heterocycles. The summed E-state index contributed by atoms with van der Waals surface area (Å²) in [6, 6.07) is 0.642. The van der Waals surface area contributed by atoms with Crippen molar-refractivity contribution in [2.45, 2.75) is 76.5 Å². The third-order valence-electron chi connectivity index (χ3n) is 5.32. The van der Waals surface area contributed by atoms with Gasteiger partial charge in [-0.05, 0) is 56.8 Å². The summed E-state index contributed by atoms with van der Waals surface area (Å²) in [6.07, 6.45) is 9.72. The summed E-state index contributed by atoms with van der Waals surface area (Å²) in [7, 11) is 0. The summed E-state index contributed by atoms with van der Waals surface area (Å²) in [4.78, 5) is 0. The first kappa shape index (κ1) is 12.0. The monoisotopic (exact) mass is 237 g/mol. The number of hydrogen-bond acceptors (Lipinski definition) is 2. The summed E-state index contributed by atoms with van der Waals surface area (Å²) in [6.45, 7) is 5.87. The Bertz CT molecular complexity index is 270. The molecule has 0 radical (unpaired) electrons. The Balaban J connectivity index is 1.64. The van der Waals surface area contributed by atoms with Crippen LogP contribution in [0.4, 0.5) is 0 Å². The van der Waals surface area contributed by atoms with E-state index in [4.69, 9.17) is 4.74 Å². The zero-order valence-corrected chi connectivity index (χ0v) is 11.4. The first-order valence-electron chi connectivity index (χ1n) is 7.58. The molecule has 0 bridgehead atoms. The van der Waals surface area contributed by atoms with Gasteiger partial charge in [-0.3, -0.25) is 0 Å². The zero-order valence-electron chi connectivity index (χ0n) is 11.4. The fraction of sp³-hybridized carbons (Fsp3) is 1.00. The van der Waals surface area contributed by atoms with Crippen molar-refractivity contribution in [3.8, 4) is 0 Å². The van der Waals surface area contributed by atoms with Crippen LogP contribution in [-0.4, -0.2) is 24.3 Å². The molecule has 0 aromatic carbocycles. The number of fused-ring (bicyclic) bond motifs is 1. The fourth-order valence-corrected chi connectivity index (χ4v) is 3.97. The highest BCUT2D eigenvalue weighted by molar-refractivity contribution is 4.98. The second-order valence-electron chi connectivity index (χ2n) is 6.93. The Morgan fingerprint density at radius 1 is 1.00 bits per heavy atom. The van der Waals surface area contributed by atoms with Crippen molar-refractivity contribution in [1.82, 2.24) is 5.32 Å². The zero-order chi connectivity index (χ0) is 11.9. The highest BCUT2D eigenvalue weighted by atomic mass is 16.5. The Hall–Kier alpha value is -0.0800. The van der Waals surface area contributed by atoms with E-state index >= 15 is 0 Å². The van der Waals surface area contributed by atoms with Gasteiger partial charge in [0.25, 0.3) is 0 Å². The van der Waals surface area contributed by atoms with Gasteiger partial charge in [0.1, 0.15) is 0 Å². The maximum absolute atomic E-state index is 6.55. The molecule has 2 saturated carbocycles. The van der Waals surface area contributed by atoms with E-state index < -0.39 is 0 Å². The van der Waals surface area contributed by atoms with Crippen molar-refractivity contribution in [3.05, 3.63) is 0 Å². The maximum atomic E-state index is 6.55. The second-order valence-corrected chi connectivity index (χ2v) is 6.93. The standard InChI is InChI=1S/C15H27NO/c1-11-5-7-15(8-6-11)10-16-13-9-12(2)3-4-14(13)17-15/h11-14,16H,3-10H2,1-2H3. The molecule has 3 rings (SSSR count).